The van der Waals surface area contributed by atoms with Gasteiger partial charge >= 0.3 is 0 Å². The van der Waals surface area contributed by atoms with Crippen LogP contribution in [0.2, 0.25) is 0 Å². The van der Waals surface area contributed by atoms with Gasteiger partial charge in [-0.3, -0.25) is 9.59 Å². The number of nitrogens with zero attached hydrogens (tertiary/aromatic N) is 3. The van der Waals surface area contributed by atoms with Crippen LogP contribution in [-0.2, 0) is 11.3 Å². The Morgan fingerprint density at radius 2 is 2.10 bits per heavy atom. The molecule has 1 N–H and O–H groups in total. The molecule has 6 nitrogen and oxygen atoms in total. The van der Waals surface area contributed by atoms with E-state index in [0.717, 1.165) is 12.8 Å². The molecule has 1 amide bonds. The lowest BCUT2D eigenvalue weighted by atomic mass is 10.2. The standard InChI is InChI=1S/C15H18N4O2/c20-14(11-18-10-4-3-7-15(18)21)17-13-8-9-16-19(13)12-5-1-2-6-12/h3-4,7-10,12H,1-2,5-6,11H2,(H,17,20). The maximum absolute atomic E-state index is 12.1. The number of nitrogens with one attached hydrogen (secondary N) is 1. The highest BCUT2D eigenvalue weighted by atomic mass is 16.2. The molecule has 110 valence electrons. The Balaban J connectivity index is 1.69. The third kappa shape index (κ3) is 3.04. The van der Waals surface area contributed by atoms with Gasteiger partial charge in [0.25, 0.3) is 5.56 Å². The largest absolute Gasteiger partial charge is 0.309 e. The predicted octanol–water partition coefficient (Wildman–Crippen LogP) is 1.80. The lowest BCUT2D eigenvalue weighted by Gasteiger charge is -2.14. The fraction of sp³-hybridized carbons (Fsp3) is 0.400. The number of hydrogen-bond acceptors (Lipinski definition) is 3. The summed E-state index contributed by atoms with van der Waals surface area (Å²) in [6, 6.07) is 7.00. The highest BCUT2D eigenvalue weighted by Crippen LogP contribution is 2.31. The molecule has 0 unspecified atom stereocenters. The first-order valence-corrected chi connectivity index (χ1v) is 7.23. The van der Waals surface area contributed by atoms with Crippen LogP contribution in [0.25, 0.3) is 0 Å². The van der Waals surface area contributed by atoms with E-state index in [1.807, 2.05) is 4.68 Å². The van der Waals surface area contributed by atoms with Crippen LogP contribution >= 0.6 is 0 Å². The van der Waals surface area contributed by atoms with E-state index in [0.29, 0.717) is 11.9 Å². The van der Waals surface area contributed by atoms with Crippen molar-refractivity contribution in [2.75, 3.05) is 5.32 Å². The number of carbonyl (C=O) groups is 1. The molecule has 1 aliphatic rings. The Labute approximate surface area is 122 Å². The van der Waals surface area contributed by atoms with E-state index < -0.39 is 0 Å². The van der Waals surface area contributed by atoms with Crippen LogP contribution in [0.4, 0.5) is 5.82 Å². The van der Waals surface area contributed by atoms with Gasteiger partial charge in [0.05, 0.1) is 12.2 Å². The number of anilines is 1. The van der Waals surface area contributed by atoms with Crippen molar-refractivity contribution in [1.82, 2.24) is 14.3 Å². The first-order valence-electron chi connectivity index (χ1n) is 7.23. The van der Waals surface area contributed by atoms with Gasteiger partial charge in [0.1, 0.15) is 12.4 Å². The van der Waals surface area contributed by atoms with E-state index in [2.05, 4.69) is 10.4 Å². The maximum Gasteiger partial charge on any atom is 0.250 e. The van der Waals surface area contributed by atoms with E-state index >= 15 is 0 Å². The highest BCUT2D eigenvalue weighted by Gasteiger charge is 2.20. The van der Waals surface area contributed by atoms with Crippen molar-refractivity contribution in [3.8, 4) is 0 Å². The van der Waals surface area contributed by atoms with Crippen molar-refractivity contribution < 1.29 is 4.79 Å². The first kappa shape index (κ1) is 13.6. The van der Waals surface area contributed by atoms with Gasteiger partial charge < -0.3 is 9.88 Å². The Bertz CT molecular complexity index is 683. The van der Waals surface area contributed by atoms with Gasteiger partial charge in [0.15, 0.2) is 0 Å². The van der Waals surface area contributed by atoms with E-state index in [1.165, 1.54) is 23.5 Å². The molecule has 0 atom stereocenters. The molecule has 0 saturated heterocycles. The van der Waals surface area contributed by atoms with Crippen LogP contribution in [0.15, 0.2) is 41.5 Å². The molecule has 0 bridgehead atoms. The number of aromatic nitrogens is 3. The zero-order valence-corrected chi connectivity index (χ0v) is 11.7. The number of rotatable bonds is 4. The van der Waals surface area contributed by atoms with Crippen molar-refractivity contribution in [3.63, 3.8) is 0 Å². The maximum atomic E-state index is 12.1. The summed E-state index contributed by atoms with van der Waals surface area (Å²) >= 11 is 0. The monoisotopic (exact) mass is 286 g/mol. The Morgan fingerprint density at radius 1 is 1.29 bits per heavy atom. The number of amides is 1. The van der Waals surface area contributed by atoms with E-state index in [4.69, 9.17) is 0 Å². The average molecular weight is 286 g/mol. The fourth-order valence-electron chi connectivity index (χ4n) is 2.78. The molecule has 6 heteroatoms. The zero-order chi connectivity index (χ0) is 14.7. The summed E-state index contributed by atoms with van der Waals surface area (Å²) in [6.45, 7) is 0.00944. The number of hydrogen-bond donors (Lipinski definition) is 1. The summed E-state index contributed by atoms with van der Waals surface area (Å²) in [6.07, 6.45) is 7.92. The second-order valence-electron chi connectivity index (χ2n) is 5.31. The van der Waals surface area contributed by atoms with Gasteiger partial charge in [-0.2, -0.15) is 5.10 Å². The molecule has 0 aromatic carbocycles. The van der Waals surface area contributed by atoms with E-state index in [-0.39, 0.29) is 18.0 Å². The summed E-state index contributed by atoms with van der Waals surface area (Å²) in [5, 5.41) is 7.15. The van der Waals surface area contributed by atoms with E-state index in [9.17, 15) is 9.59 Å². The van der Waals surface area contributed by atoms with Crippen molar-refractivity contribution in [3.05, 3.63) is 47.0 Å². The minimum atomic E-state index is -0.219. The summed E-state index contributed by atoms with van der Waals surface area (Å²) in [5.41, 5.74) is -0.183. The van der Waals surface area contributed by atoms with Crippen LogP contribution in [0, 0.1) is 0 Å². The molecular formula is C15H18N4O2. The lowest BCUT2D eigenvalue weighted by Crippen LogP contribution is -2.27. The Hall–Kier alpha value is -2.37. The Morgan fingerprint density at radius 3 is 2.86 bits per heavy atom. The van der Waals surface area contributed by atoms with Crippen molar-refractivity contribution in [1.29, 1.82) is 0 Å². The molecule has 21 heavy (non-hydrogen) atoms. The molecule has 1 fully saturated rings. The SMILES string of the molecule is O=C(Cn1ccccc1=O)Nc1ccnn1C1CCCC1. The lowest BCUT2D eigenvalue weighted by molar-refractivity contribution is -0.116. The third-order valence-corrected chi connectivity index (χ3v) is 3.82. The van der Waals surface area contributed by atoms with Crippen LogP contribution in [0.3, 0.4) is 0 Å². The Kier molecular flexibility index (Phi) is 3.85. The topological polar surface area (TPSA) is 68.9 Å². The van der Waals surface area contributed by atoms with Gasteiger partial charge in [0, 0.05) is 18.3 Å². The van der Waals surface area contributed by atoms with Crippen molar-refractivity contribution in [2.24, 2.45) is 0 Å². The quantitative estimate of drug-likeness (QED) is 0.931. The van der Waals surface area contributed by atoms with Crippen LogP contribution in [-0.4, -0.2) is 20.3 Å². The normalized spacial score (nSPS) is 15.2. The molecule has 1 saturated carbocycles. The predicted molar refractivity (Wildman–Crippen MR) is 79.1 cm³/mol. The van der Waals surface area contributed by atoms with Crippen LogP contribution < -0.4 is 10.9 Å². The average Bonchev–Trinajstić information content (AvgIpc) is 3.11. The van der Waals surface area contributed by atoms with Gasteiger partial charge in [-0.1, -0.05) is 18.9 Å². The highest BCUT2D eigenvalue weighted by molar-refractivity contribution is 5.89. The summed E-state index contributed by atoms with van der Waals surface area (Å²) in [4.78, 5) is 23.7. The third-order valence-electron chi connectivity index (χ3n) is 3.82. The van der Waals surface area contributed by atoms with Gasteiger partial charge in [0.2, 0.25) is 5.91 Å². The fourth-order valence-corrected chi connectivity index (χ4v) is 2.78. The van der Waals surface area contributed by atoms with Crippen molar-refractivity contribution >= 4 is 11.7 Å². The van der Waals surface area contributed by atoms with Gasteiger partial charge in [-0.15, -0.1) is 0 Å². The number of carbonyl (C=O) groups excluding carboxylic acids is 1. The summed E-state index contributed by atoms with van der Waals surface area (Å²) < 4.78 is 3.27. The minimum absolute atomic E-state index is 0.00944. The molecule has 0 radical (unpaired) electrons. The molecule has 0 spiro atoms. The molecule has 1 aliphatic carbocycles. The van der Waals surface area contributed by atoms with Crippen molar-refractivity contribution in [2.45, 2.75) is 38.3 Å². The second kappa shape index (κ2) is 5.95. The number of pyridine rings is 1. The first-order chi connectivity index (χ1) is 10.2. The molecule has 3 rings (SSSR count). The minimum Gasteiger partial charge on any atom is -0.309 e. The smallest absolute Gasteiger partial charge is 0.250 e. The zero-order valence-electron chi connectivity index (χ0n) is 11.7. The molecule has 2 aromatic heterocycles. The molecule has 0 aliphatic heterocycles. The second-order valence-corrected chi connectivity index (χ2v) is 5.31. The summed E-state index contributed by atoms with van der Waals surface area (Å²) in [7, 11) is 0. The van der Waals surface area contributed by atoms with Gasteiger partial charge in [-0.05, 0) is 18.9 Å². The molecule has 2 heterocycles. The molecular weight excluding hydrogens is 268 g/mol. The van der Waals surface area contributed by atoms with Gasteiger partial charge in [-0.25, -0.2) is 4.68 Å². The summed E-state index contributed by atoms with van der Waals surface area (Å²) in [5.74, 6) is 0.485. The van der Waals surface area contributed by atoms with E-state index in [1.54, 1.807) is 30.6 Å². The van der Waals surface area contributed by atoms with Crippen LogP contribution in [0.1, 0.15) is 31.7 Å². The molecule has 2 aromatic rings. The van der Waals surface area contributed by atoms with Crippen LogP contribution in [0.5, 0.6) is 0 Å².